The van der Waals surface area contributed by atoms with Gasteiger partial charge in [-0.1, -0.05) is 20.8 Å². The molecule has 1 N–H and O–H groups in total. The van der Waals surface area contributed by atoms with Gasteiger partial charge in [-0.15, -0.1) is 0 Å². The Hall–Kier alpha value is -0.890. The maximum Gasteiger partial charge on any atom is 0.0295 e. The topological polar surface area (TPSA) is 24.9 Å². The van der Waals surface area contributed by atoms with Crippen LogP contribution >= 0.6 is 0 Å². The smallest absolute Gasteiger partial charge is 0.0295 e. The van der Waals surface area contributed by atoms with Crippen LogP contribution in [0, 0.1) is 11.3 Å². The van der Waals surface area contributed by atoms with E-state index in [1.54, 1.807) is 0 Å². The van der Waals surface area contributed by atoms with Crippen molar-refractivity contribution in [3.05, 3.63) is 30.1 Å². The van der Waals surface area contributed by atoms with Crippen LogP contribution in [0.1, 0.15) is 52.1 Å². The third kappa shape index (κ3) is 3.06. The molecule has 2 heteroatoms. The highest BCUT2D eigenvalue weighted by Gasteiger charge is 2.36. The molecule has 1 saturated carbocycles. The van der Waals surface area contributed by atoms with Gasteiger partial charge in [-0.3, -0.25) is 4.98 Å². The van der Waals surface area contributed by atoms with Gasteiger partial charge < -0.3 is 5.32 Å². The summed E-state index contributed by atoms with van der Waals surface area (Å²) in [5, 5.41) is 3.77. The van der Waals surface area contributed by atoms with Crippen molar-refractivity contribution in [2.75, 3.05) is 0 Å². The molecule has 1 aliphatic carbocycles. The Bertz CT molecular complexity index is 358. The van der Waals surface area contributed by atoms with Crippen LogP contribution in [0.5, 0.6) is 0 Å². The second kappa shape index (κ2) is 4.77. The molecule has 1 aliphatic rings. The van der Waals surface area contributed by atoms with Crippen molar-refractivity contribution in [3.8, 4) is 0 Å². The largest absolute Gasteiger partial charge is 0.307 e. The second-order valence-corrected chi connectivity index (χ2v) is 6.33. The summed E-state index contributed by atoms with van der Waals surface area (Å²) in [6, 6.07) is 5.26. The third-order valence-corrected chi connectivity index (χ3v) is 4.00. The van der Waals surface area contributed by atoms with Crippen LogP contribution in [0.2, 0.25) is 0 Å². The number of aromatic nitrogens is 1. The quantitative estimate of drug-likeness (QED) is 0.862. The average molecular weight is 232 g/mol. The maximum atomic E-state index is 4.07. The summed E-state index contributed by atoms with van der Waals surface area (Å²) in [6.45, 7) is 9.36. The van der Waals surface area contributed by atoms with E-state index < -0.39 is 0 Å². The van der Waals surface area contributed by atoms with E-state index in [-0.39, 0.29) is 0 Å². The Labute approximate surface area is 105 Å². The van der Waals surface area contributed by atoms with Crippen LogP contribution in [-0.2, 0) is 0 Å². The maximum absolute atomic E-state index is 4.07. The molecule has 94 valence electrons. The molecule has 1 aromatic heterocycles. The summed E-state index contributed by atoms with van der Waals surface area (Å²) in [5.74, 6) is 0.772. The molecule has 0 radical (unpaired) electrons. The summed E-state index contributed by atoms with van der Waals surface area (Å²) < 4.78 is 0. The molecule has 2 nitrogen and oxygen atoms in total. The van der Waals surface area contributed by atoms with E-state index in [1.807, 2.05) is 12.4 Å². The molecule has 1 heterocycles. The number of nitrogens with zero attached hydrogens (tertiary/aromatic N) is 1. The van der Waals surface area contributed by atoms with Gasteiger partial charge in [0.15, 0.2) is 0 Å². The Morgan fingerprint density at radius 3 is 2.47 bits per heavy atom. The molecule has 2 unspecified atom stereocenters. The van der Waals surface area contributed by atoms with Crippen LogP contribution in [0.4, 0.5) is 0 Å². The molecule has 3 atom stereocenters. The van der Waals surface area contributed by atoms with Crippen molar-refractivity contribution >= 4 is 0 Å². The highest BCUT2D eigenvalue weighted by Crippen LogP contribution is 2.41. The minimum Gasteiger partial charge on any atom is -0.307 e. The van der Waals surface area contributed by atoms with E-state index in [1.165, 1.54) is 18.4 Å². The fourth-order valence-electron chi connectivity index (χ4n) is 3.19. The van der Waals surface area contributed by atoms with Crippen LogP contribution < -0.4 is 5.32 Å². The van der Waals surface area contributed by atoms with E-state index in [0.717, 1.165) is 5.92 Å². The number of hydrogen-bond donors (Lipinski definition) is 1. The molecular weight excluding hydrogens is 208 g/mol. The normalized spacial score (nSPS) is 29.2. The number of pyridine rings is 1. The second-order valence-electron chi connectivity index (χ2n) is 6.33. The molecule has 17 heavy (non-hydrogen) atoms. The molecule has 0 saturated heterocycles. The molecule has 0 amide bonds. The molecule has 0 aliphatic heterocycles. The van der Waals surface area contributed by atoms with E-state index in [9.17, 15) is 0 Å². The summed E-state index contributed by atoms with van der Waals surface area (Å²) in [7, 11) is 0. The molecule has 2 rings (SSSR count). The van der Waals surface area contributed by atoms with Gasteiger partial charge in [-0.2, -0.15) is 0 Å². The first-order valence-corrected chi connectivity index (χ1v) is 6.64. The minimum absolute atomic E-state index is 0.416. The predicted octanol–water partition coefficient (Wildman–Crippen LogP) is 3.56. The minimum atomic E-state index is 0.416. The van der Waals surface area contributed by atoms with Crippen LogP contribution in [0.25, 0.3) is 0 Å². The van der Waals surface area contributed by atoms with Crippen molar-refractivity contribution in [2.45, 2.75) is 52.6 Å². The predicted molar refractivity (Wildman–Crippen MR) is 71.8 cm³/mol. The summed E-state index contributed by atoms with van der Waals surface area (Å²) in [6.07, 6.45) is 6.35. The summed E-state index contributed by atoms with van der Waals surface area (Å²) in [4.78, 5) is 4.07. The van der Waals surface area contributed by atoms with Crippen LogP contribution in [0.3, 0.4) is 0 Å². The van der Waals surface area contributed by atoms with Crippen molar-refractivity contribution in [1.82, 2.24) is 10.3 Å². The van der Waals surface area contributed by atoms with Gasteiger partial charge in [0.05, 0.1) is 0 Å². The van der Waals surface area contributed by atoms with Crippen molar-refractivity contribution in [2.24, 2.45) is 11.3 Å². The van der Waals surface area contributed by atoms with E-state index in [0.29, 0.717) is 17.5 Å². The lowest BCUT2D eigenvalue weighted by atomic mass is 9.91. The zero-order valence-electron chi connectivity index (χ0n) is 11.4. The Morgan fingerprint density at radius 2 is 1.94 bits per heavy atom. The molecular formula is C15H24N2. The zero-order chi connectivity index (χ0) is 12.5. The van der Waals surface area contributed by atoms with E-state index in [2.05, 4.69) is 50.1 Å². The van der Waals surface area contributed by atoms with Crippen molar-refractivity contribution in [1.29, 1.82) is 0 Å². The first-order chi connectivity index (χ1) is 7.98. The average Bonchev–Trinajstić information content (AvgIpc) is 2.53. The standard InChI is InChI=1S/C15H24N2/c1-11-9-15(3,4)10-14(11)17-12(2)13-5-7-16-8-6-13/h5-8,11-12,14,17H,9-10H2,1-4H3/t11?,12-,14?/m0/s1. The molecule has 0 spiro atoms. The van der Waals surface area contributed by atoms with Crippen molar-refractivity contribution in [3.63, 3.8) is 0 Å². The lowest BCUT2D eigenvalue weighted by Gasteiger charge is -2.23. The molecule has 0 bridgehead atoms. The first kappa shape index (κ1) is 12.6. The number of nitrogens with one attached hydrogen (secondary N) is 1. The lowest BCUT2D eigenvalue weighted by Crippen LogP contribution is -2.33. The van der Waals surface area contributed by atoms with Gasteiger partial charge in [-0.25, -0.2) is 0 Å². The third-order valence-electron chi connectivity index (χ3n) is 4.00. The summed E-state index contributed by atoms with van der Waals surface area (Å²) >= 11 is 0. The Morgan fingerprint density at radius 1 is 1.29 bits per heavy atom. The zero-order valence-corrected chi connectivity index (χ0v) is 11.4. The monoisotopic (exact) mass is 232 g/mol. The highest BCUT2D eigenvalue weighted by atomic mass is 15.0. The van der Waals surface area contributed by atoms with Gasteiger partial charge in [-0.05, 0) is 48.8 Å². The van der Waals surface area contributed by atoms with Crippen LogP contribution in [-0.4, -0.2) is 11.0 Å². The number of hydrogen-bond acceptors (Lipinski definition) is 2. The number of rotatable bonds is 3. The van der Waals surface area contributed by atoms with E-state index in [4.69, 9.17) is 0 Å². The Kier molecular flexibility index (Phi) is 3.53. The van der Waals surface area contributed by atoms with Gasteiger partial charge >= 0.3 is 0 Å². The first-order valence-electron chi connectivity index (χ1n) is 6.64. The lowest BCUT2D eigenvalue weighted by molar-refractivity contribution is 0.356. The van der Waals surface area contributed by atoms with Gasteiger partial charge in [0.1, 0.15) is 0 Å². The highest BCUT2D eigenvalue weighted by molar-refractivity contribution is 5.14. The summed E-state index contributed by atoms with van der Waals surface area (Å²) in [5.41, 5.74) is 1.83. The van der Waals surface area contributed by atoms with Crippen molar-refractivity contribution < 1.29 is 0 Å². The fourth-order valence-corrected chi connectivity index (χ4v) is 3.19. The van der Waals surface area contributed by atoms with Gasteiger partial charge in [0.25, 0.3) is 0 Å². The molecule has 1 fully saturated rings. The van der Waals surface area contributed by atoms with Gasteiger partial charge in [0, 0.05) is 24.5 Å². The molecule has 0 aromatic carbocycles. The SMILES string of the molecule is CC1CC(C)(C)CC1N[C@@H](C)c1ccncc1. The van der Waals surface area contributed by atoms with Crippen LogP contribution in [0.15, 0.2) is 24.5 Å². The van der Waals surface area contributed by atoms with E-state index >= 15 is 0 Å². The fraction of sp³-hybridized carbons (Fsp3) is 0.667. The van der Waals surface area contributed by atoms with Gasteiger partial charge in [0.2, 0.25) is 0 Å². The Balaban J connectivity index is 1.98. The molecule has 1 aromatic rings.